The van der Waals surface area contributed by atoms with Crippen molar-refractivity contribution in [1.29, 1.82) is 0 Å². The molecule has 1 unspecified atom stereocenters. The Morgan fingerprint density at radius 3 is 2.25 bits per heavy atom. The molecule has 0 amide bonds. The van der Waals surface area contributed by atoms with E-state index in [4.69, 9.17) is 9.47 Å². The summed E-state index contributed by atoms with van der Waals surface area (Å²) in [5.41, 5.74) is 0.0901. The van der Waals surface area contributed by atoms with Crippen molar-refractivity contribution in [2.75, 3.05) is 14.2 Å². The van der Waals surface area contributed by atoms with E-state index < -0.39 is 17.7 Å². The zero-order chi connectivity index (χ0) is 15.3. The molecular weight excluding hydrogens is 263 g/mol. The molecule has 20 heavy (non-hydrogen) atoms. The van der Waals surface area contributed by atoms with Crippen molar-refractivity contribution in [2.45, 2.75) is 26.4 Å². The van der Waals surface area contributed by atoms with Crippen LogP contribution in [0.1, 0.15) is 30.6 Å². The standard InChI is InChI=1S/C15H19FO4/c1-9(2)7-11(17)14(16)15(18)10-5-6-12(19-3)13(8-10)20-4/h5-6,8-9,14H,7H2,1-4H3. The van der Waals surface area contributed by atoms with Crippen LogP contribution in [0.2, 0.25) is 0 Å². The van der Waals surface area contributed by atoms with E-state index in [0.29, 0.717) is 11.5 Å². The fraction of sp³-hybridized carbons (Fsp3) is 0.467. The highest BCUT2D eigenvalue weighted by atomic mass is 19.1. The highest BCUT2D eigenvalue weighted by molar-refractivity contribution is 6.13. The van der Waals surface area contributed by atoms with E-state index in [9.17, 15) is 14.0 Å². The first-order valence-electron chi connectivity index (χ1n) is 6.33. The Bertz CT molecular complexity index is 497. The summed E-state index contributed by atoms with van der Waals surface area (Å²) in [7, 11) is 2.88. The second-order valence-electron chi connectivity index (χ2n) is 4.86. The molecule has 110 valence electrons. The smallest absolute Gasteiger partial charge is 0.220 e. The zero-order valence-corrected chi connectivity index (χ0v) is 12.1. The van der Waals surface area contributed by atoms with Gasteiger partial charge in [-0.3, -0.25) is 9.59 Å². The molecule has 0 spiro atoms. The Hall–Kier alpha value is -1.91. The van der Waals surface area contributed by atoms with Crippen LogP contribution >= 0.6 is 0 Å². The lowest BCUT2D eigenvalue weighted by molar-refractivity contribution is -0.122. The van der Waals surface area contributed by atoms with Gasteiger partial charge in [0.05, 0.1) is 14.2 Å². The van der Waals surface area contributed by atoms with Crippen molar-refractivity contribution in [3.63, 3.8) is 0 Å². The number of carbonyl (C=O) groups is 2. The van der Waals surface area contributed by atoms with Crippen molar-refractivity contribution in [3.8, 4) is 11.5 Å². The van der Waals surface area contributed by atoms with Gasteiger partial charge < -0.3 is 9.47 Å². The molecule has 0 fully saturated rings. The Balaban J connectivity index is 2.94. The molecule has 0 radical (unpaired) electrons. The topological polar surface area (TPSA) is 52.6 Å². The largest absolute Gasteiger partial charge is 0.493 e. The summed E-state index contributed by atoms with van der Waals surface area (Å²) in [4.78, 5) is 23.5. The van der Waals surface area contributed by atoms with Crippen LogP contribution in [0, 0.1) is 5.92 Å². The van der Waals surface area contributed by atoms with Gasteiger partial charge in [0.1, 0.15) is 0 Å². The molecule has 1 aromatic carbocycles. The van der Waals surface area contributed by atoms with Gasteiger partial charge in [0.15, 0.2) is 17.3 Å². The molecule has 0 aliphatic heterocycles. The summed E-state index contributed by atoms with van der Waals surface area (Å²) in [6.07, 6.45) is -2.09. The maximum atomic E-state index is 13.9. The fourth-order valence-corrected chi connectivity index (χ4v) is 1.79. The molecule has 1 atom stereocenters. The number of carbonyl (C=O) groups excluding carboxylic acids is 2. The number of methoxy groups -OCH3 is 2. The van der Waals surface area contributed by atoms with E-state index in [0.717, 1.165) is 0 Å². The van der Waals surface area contributed by atoms with Crippen LogP contribution in [-0.2, 0) is 4.79 Å². The monoisotopic (exact) mass is 282 g/mol. The summed E-state index contributed by atoms with van der Waals surface area (Å²) in [5.74, 6) is -0.773. The number of hydrogen-bond donors (Lipinski definition) is 0. The van der Waals surface area contributed by atoms with Crippen molar-refractivity contribution < 1.29 is 23.5 Å². The lowest BCUT2D eigenvalue weighted by atomic mass is 9.98. The third-order valence-corrected chi connectivity index (χ3v) is 2.79. The van der Waals surface area contributed by atoms with E-state index in [1.165, 1.54) is 32.4 Å². The molecule has 0 aliphatic rings. The molecule has 5 heteroatoms. The lowest BCUT2D eigenvalue weighted by Gasteiger charge is -2.11. The molecular formula is C15H19FO4. The van der Waals surface area contributed by atoms with Crippen LogP contribution in [-0.4, -0.2) is 32.0 Å². The Morgan fingerprint density at radius 1 is 1.15 bits per heavy atom. The van der Waals surface area contributed by atoms with E-state index in [2.05, 4.69) is 0 Å². The van der Waals surface area contributed by atoms with Gasteiger partial charge in [-0.2, -0.15) is 0 Å². The number of alkyl halides is 1. The predicted molar refractivity (Wildman–Crippen MR) is 73.2 cm³/mol. The van der Waals surface area contributed by atoms with Gasteiger partial charge in [0.2, 0.25) is 12.0 Å². The number of hydrogen-bond acceptors (Lipinski definition) is 4. The molecule has 1 rings (SSSR count). The Labute approximate surface area is 117 Å². The summed E-state index contributed by atoms with van der Waals surface area (Å²) >= 11 is 0. The number of ketones is 2. The van der Waals surface area contributed by atoms with Crippen LogP contribution in [0.5, 0.6) is 11.5 Å². The maximum absolute atomic E-state index is 13.9. The van der Waals surface area contributed by atoms with Gasteiger partial charge in [-0.05, 0) is 24.1 Å². The quantitative estimate of drug-likeness (QED) is 0.570. The summed E-state index contributed by atoms with van der Waals surface area (Å²) < 4.78 is 24.0. The average molecular weight is 282 g/mol. The first kappa shape index (κ1) is 16.1. The van der Waals surface area contributed by atoms with Crippen molar-refractivity contribution in [2.24, 2.45) is 5.92 Å². The number of benzene rings is 1. The molecule has 0 bridgehead atoms. The highest BCUT2D eigenvalue weighted by Crippen LogP contribution is 2.28. The number of rotatable bonds is 7. The normalized spacial score (nSPS) is 12.1. The van der Waals surface area contributed by atoms with E-state index >= 15 is 0 Å². The SMILES string of the molecule is COc1ccc(C(=O)C(F)C(=O)CC(C)C)cc1OC. The van der Waals surface area contributed by atoms with Crippen LogP contribution in [0.3, 0.4) is 0 Å². The Morgan fingerprint density at radius 2 is 1.75 bits per heavy atom. The molecule has 0 saturated carbocycles. The average Bonchev–Trinajstić information content (AvgIpc) is 2.44. The molecule has 4 nitrogen and oxygen atoms in total. The van der Waals surface area contributed by atoms with E-state index in [1.807, 2.05) is 0 Å². The molecule has 0 saturated heterocycles. The van der Waals surface area contributed by atoms with E-state index in [-0.39, 0.29) is 17.9 Å². The second kappa shape index (κ2) is 7.03. The van der Waals surface area contributed by atoms with Crippen molar-refractivity contribution >= 4 is 11.6 Å². The molecule has 0 aliphatic carbocycles. The lowest BCUT2D eigenvalue weighted by Crippen LogP contribution is -2.26. The van der Waals surface area contributed by atoms with Crippen LogP contribution in [0.25, 0.3) is 0 Å². The van der Waals surface area contributed by atoms with Gasteiger partial charge in [-0.25, -0.2) is 4.39 Å². The maximum Gasteiger partial charge on any atom is 0.220 e. The van der Waals surface area contributed by atoms with Crippen LogP contribution in [0.4, 0.5) is 4.39 Å². The Kier molecular flexibility index (Phi) is 5.67. The predicted octanol–water partition coefficient (Wildman–Crippen LogP) is 2.84. The highest BCUT2D eigenvalue weighted by Gasteiger charge is 2.27. The zero-order valence-electron chi connectivity index (χ0n) is 12.1. The molecule has 0 aromatic heterocycles. The third kappa shape index (κ3) is 3.79. The number of ether oxygens (including phenoxy) is 2. The first-order valence-corrected chi connectivity index (χ1v) is 6.33. The van der Waals surface area contributed by atoms with Gasteiger partial charge in [0, 0.05) is 12.0 Å². The van der Waals surface area contributed by atoms with Crippen LogP contribution < -0.4 is 9.47 Å². The molecule has 1 aromatic rings. The first-order chi connectivity index (χ1) is 9.40. The van der Waals surface area contributed by atoms with Crippen molar-refractivity contribution in [3.05, 3.63) is 23.8 Å². The fourth-order valence-electron chi connectivity index (χ4n) is 1.79. The molecule has 0 N–H and O–H groups in total. The van der Waals surface area contributed by atoms with Crippen LogP contribution in [0.15, 0.2) is 18.2 Å². The summed E-state index contributed by atoms with van der Waals surface area (Å²) in [6.45, 7) is 3.59. The van der Waals surface area contributed by atoms with Gasteiger partial charge in [-0.15, -0.1) is 0 Å². The van der Waals surface area contributed by atoms with Gasteiger partial charge in [-0.1, -0.05) is 13.8 Å². The van der Waals surface area contributed by atoms with Gasteiger partial charge in [0.25, 0.3) is 0 Å². The number of Topliss-reactive ketones (excluding diaryl/α,β-unsaturated/α-hetero) is 2. The minimum absolute atomic E-state index is 0.0129. The van der Waals surface area contributed by atoms with E-state index in [1.54, 1.807) is 13.8 Å². The number of halogens is 1. The van der Waals surface area contributed by atoms with Gasteiger partial charge >= 0.3 is 0 Å². The minimum atomic E-state index is -2.13. The van der Waals surface area contributed by atoms with Crippen molar-refractivity contribution in [1.82, 2.24) is 0 Å². The second-order valence-corrected chi connectivity index (χ2v) is 4.86. The third-order valence-electron chi connectivity index (χ3n) is 2.79. The molecule has 0 heterocycles. The summed E-state index contributed by atoms with van der Waals surface area (Å²) in [6, 6.07) is 4.29. The minimum Gasteiger partial charge on any atom is -0.493 e. The summed E-state index contributed by atoms with van der Waals surface area (Å²) in [5, 5.41) is 0.